The monoisotopic (exact) mass is 352 g/mol. The zero-order valence-electron chi connectivity index (χ0n) is 15.0. The first-order chi connectivity index (χ1) is 11.2. The van der Waals surface area contributed by atoms with Gasteiger partial charge in [-0.2, -0.15) is 4.72 Å². The fraction of sp³-hybridized carbons (Fsp3) is 0.611. The Morgan fingerprint density at radius 2 is 1.83 bits per heavy atom. The Morgan fingerprint density at radius 1 is 1.21 bits per heavy atom. The third-order valence-electron chi connectivity index (χ3n) is 4.34. The number of hydrogen-bond acceptors (Lipinski definition) is 3. The molecule has 1 N–H and O–H groups in total. The first kappa shape index (κ1) is 18.9. The third kappa shape index (κ3) is 4.57. The van der Waals surface area contributed by atoms with Crippen LogP contribution in [0.4, 0.5) is 0 Å². The van der Waals surface area contributed by atoms with Gasteiger partial charge >= 0.3 is 0 Å². The van der Waals surface area contributed by atoms with Gasteiger partial charge in [-0.3, -0.25) is 4.79 Å². The SMILES string of the molecule is Cc1ccc(S(=O)(=O)N[C@@H](CC(C)C)C(=O)N2CCCC2)c(C)c1. The summed E-state index contributed by atoms with van der Waals surface area (Å²) in [5, 5.41) is 0. The first-order valence-electron chi connectivity index (χ1n) is 8.59. The summed E-state index contributed by atoms with van der Waals surface area (Å²) in [6.45, 7) is 9.14. The van der Waals surface area contributed by atoms with Gasteiger partial charge in [0.1, 0.15) is 6.04 Å². The smallest absolute Gasteiger partial charge is 0.241 e. The predicted molar refractivity (Wildman–Crippen MR) is 95.3 cm³/mol. The molecule has 0 aliphatic carbocycles. The average Bonchev–Trinajstić information content (AvgIpc) is 2.98. The van der Waals surface area contributed by atoms with Crippen molar-refractivity contribution in [2.45, 2.75) is 57.9 Å². The lowest BCUT2D eigenvalue weighted by molar-refractivity contribution is -0.132. The van der Waals surface area contributed by atoms with Crippen LogP contribution in [0.5, 0.6) is 0 Å². The third-order valence-corrected chi connectivity index (χ3v) is 5.97. The molecule has 1 aliphatic heterocycles. The minimum absolute atomic E-state index is 0.102. The van der Waals surface area contributed by atoms with Crippen LogP contribution in [0, 0.1) is 19.8 Å². The van der Waals surface area contributed by atoms with Crippen molar-refractivity contribution in [1.82, 2.24) is 9.62 Å². The Bertz CT molecular complexity index is 692. The van der Waals surface area contributed by atoms with Crippen molar-refractivity contribution in [2.24, 2.45) is 5.92 Å². The number of carbonyl (C=O) groups is 1. The summed E-state index contributed by atoms with van der Waals surface area (Å²) in [6, 6.07) is 4.53. The molecule has 1 heterocycles. The molecule has 5 nitrogen and oxygen atoms in total. The van der Waals surface area contributed by atoms with Crippen molar-refractivity contribution >= 4 is 15.9 Å². The molecule has 1 aromatic rings. The molecule has 0 unspecified atom stereocenters. The second kappa shape index (κ2) is 7.66. The highest BCUT2D eigenvalue weighted by atomic mass is 32.2. The largest absolute Gasteiger partial charge is 0.341 e. The van der Waals surface area contributed by atoms with Gasteiger partial charge in [0.2, 0.25) is 15.9 Å². The van der Waals surface area contributed by atoms with Crippen LogP contribution >= 0.6 is 0 Å². The second-order valence-corrected chi connectivity index (χ2v) is 8.79. The van der Waals surface area contributed by atoms with Gasteiger partial charge in [0, 0.05) is 13.1 Å². The van der Waals surface area contributed by atoms with Crippen molar-refractivity contribution in [2.75, 3.05) is 13.1 Å². The lowest BCUT2D eigenvalue weighted by Gasteiger charge is -2.25. The van der Waals surface area contributed by atoms with Crippen molar-refractivity contribution in [3.63, 3.8) is 0 Å². The van der Waals surface area contributed by atoms with Gasteiger partial charge < -0.3 is 4.90 Å². The highest BCUT2D eigenvalue weighted by Crippen LogP contribution is 2.19. The van der Waals surface area contributed by atoms with E-state index in [2.05, 4.69) is 4.72 Å². The zero-order chi connectivity index (χ0) is 17.9. The van der Waals surface area contributed by atoms with E-state index in [0.29, 0.717) is 12.0 Å². The molecule has 6 heteroatoms. The maximum absolute atomic E-state index is 12.8. The van der Waals surface area contributed by atoms with E-state index in [9.17, 15) is 13.2 Å². The molecule has 0 aromatic heterocycles. The molecule has 134 valence electrons. The molecule has 0 radical (unpaired) electrons. The van der Waals surface area contributed by atoms with Gasteiger partial charge in [0.05, 0.1) is 4.90 Å². The first-order valence-corrected chi connectivity index (χ1v) is 10.1. The van der Waals surface area contributed by atoms with E-state index >= 15 is 0 Å². The Kier molecular flexibility index (Phi) is 6.04. The lowest BCUT2D eigenvalue weighted by atomic mass is 10.0. The molecule has 0 spiro atoms. The molecule has 0 saturated carbocycles. The van der Waals surface area contributed by atoms with E-state index in [0.717, 1.165) is 31.5 Å². The lowest BCUT2D eigenvalue weighted by Crippen LogP contribution is -2.48. The van der Waals surface area contributed by atoms with Gasteiger partial charge in [0.25, 0.3) is 0 Å². The minimum atomic E-state index is -3.72. The molecule has 1 aliphatic rings. The molecular weight excluding hydrogens is 324 g/mol. The fourth-order valence-corrected chi connectivity index (χ4v) is 4.61. The maximum atomic E-state index is 12.8. The minimum Gasteiger partial charge on any atom is -0.341 e. The summed E-state index contributed by atoms with van der Waals surface area (Å²) < 4.78 is 28.2. The summed E-state index contributed by atoms with van der Waals surface area (Å²) >= 11 is 0. The van der Waals surface area contributed by atoms with E-state index in [1.165, 1.54) is 0 Å². The molecular formula is C18H28N2O3S. The summed E-state index contributed by atoms with van der Waals surface area (Å²) in [5.41, 5.74) is 1.71. The number of benzene rings is 1. The van der Waals surface area contributed by atoms with Crippen LogP contribution in [0.2, 0.25) is 0 Å². The van der Waals surface area contributed by atoms with Crippen molar-refractivity contribution in [3.05, 3.63) is 29.3 Å². The maximum Gasteiger partial charge on any atom is 0.241 e. The molecule has 1 aromatic carbocycles. The summed E-state index contributed by atoms with van der Waals surface area (Å²) in [7, 11) is -3.72. The van der Waals surface area contributed by atoms with E-state index < -0.39 is 16.1 Å². The highest BCUT2D eigenvalue weighted by molar-refractivity contribution is 7.89. The average molecular weight is 353 g/mol. The Balaban J connectivity index is 2.25. The molecule has 2 rings (SSSR count). The van der Waals surface area contributed by atoms with E-state index in [1.54, 1.807) is 24.0 Å². The van der Waals surface area contributed by atoms with Crippen LogP contribution in [-0.2, 0) is 14.8 Å². The molecule has 1 amide bonds. The molecule has 0 bridgehead atoms. The number of nitrogens with one attached hydrogen (secondary N) is 1. The number of carbonyl (C=O) groups excluding carboxylic acids is 1. The van der Waals surface area contributed by atoms with Gasteiger partial charge in [-0.05, 0) is 50.7 Å². The van der Waals surface area contributed by atoms with Crippen LogP contribution in [0.15, 0.2) is 23.1 Å². The number of aryl methyl sites for hydroxylation is 2. The van der Waals surface area contributed by atoms with Crippen molar-refractivity contribution < 1.29 is 13.2 Å². The van der Waals surface area contributed by atoms with Crippen LogP contribution in [0.3, 0.4) is 0 Å². The highest BCUT2D eigenvalue weighted by Gasteiger charge is 2.31. The number of nitrogens with zero attached hydrogens (tertiary/aromatic N) is 1. The Morgan fingerprint density at radius 3 is 2.38 bits per heavy atom. The van der Waals surface area contributed by atoms with Crippen LogP contribution in [0.1, 0.15) is 44.2 Å². The van der Waals surface area contributed by atoms with Crippen LogP contribution in [-0.4, -0.2) is 38.4 Å². The molecule has 1 atom stereocenters. The number of sulfonamides is 1. The number of amides is 1. The quantitative estimate of drug-likeness (QED) is 0.856. The van der Waals surface area contributed by atoms with Crippen LogP contribution < -0.4 is 4.72 Å². The fourth-order valence-electron chi connectivity index (χ4n) is 3.18. The Labute approximate surface area is 145 Å². The number of likely N-dealkylation sites (tertiary alicyclic amines) is 1. The molecule has 1 saturated heterocycles. The molecule has 24 heavy (non-hydrogen) atoms. The van der Waals surface area contributed by atoms with Crippen LogP contribution in [0.25, 0.3) is 0 Å². The van der Waals surface area contributed by atoms with Gasteiger partial charge in [-0.25, -0.2) is 8.42 Å². The van der Waals surface area contributed by atoms with Crippen molar-refractivity contribution in [3.8, 4) is 0 Å². The summed E-state index contributed by atoms with van der Waals surface area (Å²) in [5.74, 6) is 0.123. The Hall–Kier alpha value is -1.40. The normalized spacial score (nSPS) is 16.6. The van der Waals surface area contributed by atoms with Gasteiger partial charge in [-0.15, -0.1) is 0 Å². The number of rotatable bonds is 6. The van der Waals surface area contributed by atoms with Gasteiger partial charge in [-0.1, -0.05) is 31.5 Å². The van der Waals surface area contributed by atoms with E-state index in [1.807, 2.05) is 26.8 Å². The summed E-state index contributed by atoms with van der Waals surface area (Å²) in [6.07, 6.45) is 2.48. The van der Waals surface area contributed by atoms with E-state index in [4.69, 9.17) is 0 Å². The second-order valence-electron chi connectivity index (χ2n) is 7.10. The molecule has 1 fully saturated rings. The van der Waals surface area contributed by atoms with Crippen molar-refractivity contribution in [1.29, 1.82) is 0 Å². The van der Waals surface area contributed by atoms with Gasteiger partial charge in [0.15, 0.2) is 0 Å². The number of hydrogen-bond donors (Lipinski definition) is 1. The zero-order valence-corrected chi connectivity index (χ0v) is 15.8. The standard InChI is InChI=1S/C18H28N2O3S/c1-13(2)11-16(18(21)20-9-5-6-10-20)19-24(22,23)17-8-7-14(3)12-15(17)4/h7-8,12-13,16,19H,5-6,9-11H2,1-4H3/t16-/m0/s1. The predicted octanol–water partition coefficient (Wildman–Crippen LogP) is 2.62. The topological polar surface area (TPSA) is 66.5 Å². The summed E-state index contributed by atoms with van der Waals surface area (Å²) in [4.78, 5) is 14.7. The van der Waals surface area contributed by atoms with E-state index in [-0.39, 0.29) is 16.7 Å².